The van der Waals surface area contributed by atoms with Crippen LogP contribution in [0.2, 0.25) is 0 Å². The van der Waals surface area contributed by atoms with Crippen molar-refractivity contribution in [3.63, 3.8) is 0 Å². The van der Waals surface area contributed by atoms with Crippen molar-refractivity contribution in [3.8, 4) is 0 Å². The molecule has 2 rings (SSSR count). The van der Waals surface area contributed by atoms with Crippen LogP contribution in [0.25, 0.3) is 0 Å². The molecule has 0 aliphatic carbocycles. The maximum Gasteiger partial charge on any atom is 0.250 e. The van der Waals surface area contributed by atoms with Crippen LogP contribution in [-0.2, 0) is 16.6 Å². The summed E-state index contributed by atoms with van der Waals surface area (Å²) in [5.74, 6) is 0. The van der Waals surface area contributed by atoms with Gasteiger partial charge in [0.05, 0.1) is 0 Å². The number of sulfonamides is 1. The molecular formula is C13H23N3O2S2. The van der Waals surface area contributed by atoms with Crippen LogP contribution in [0.1, 0.15) is 25.3 Å². The number of piperidine rings is 1. The van der Waals surface area contributed by atoms with Gasteiger partial charge in [0.1, 0.15) is 4.21 Å². The van der Waals surface area contributed by atoms with E-state index in [1.54, 1.807) is 6.07 Å². The van der Waals surface area contributed by atoms with Crippen LogP contribution in [0.4, 0.5) is 0 Å². The minimum atomic E-state index is -3.38. The molecule has 0 radical (unpaired) electrons. The van der Waals surface area contributed by atoms with Gasteiger partial charge in [-0.2, -0.15) is 0 Å². The van der Waals surface area contributed by atoms with E-state index in [1.807, 2.05) is 12.4 Å². The second kappa shape index (κ2) is 6.53. The summed E-state index contributed by atoms with van der Waals surface area (Å²) >= 11 is 1.29. The van der Waals surface area contributed by atoms with E-state index in [1.165, 1.54) is 11.3 Å². The Balaban J connectivity index is 2.03. The highest BCUT2D eigenvalue weighted by Gasteiger charge is 2.27. The zero-order valence-corrected chi connectivity index (χ0v) is 13.9. The summed E-state index contributed by atoms with van der Waals surface area (Å²) in [7, 11) is 0.557. The Bertz CT molecular complexity index is 542. The zero-order chi connectivity index (χ0) is 14.8. The predicted molar refractivity (Wildman–Crippen MR) is 82.5 cm³/mol. The van der Waals surface area contributed by atoms with Crippen LogP contribution in [-0.4, -0.2) is 46.0 Å². The quantitative estimate of drug-likeness (QED) is 0.857. The van der Waals surface area contributed by atoms with Crippen molar-refractivity contribution in [2.24, 2.45) is 0 Å². The fourth-order valence-corrected chi connectivity index (χ4v) is 4.97. The van der Waals surface area contributed by atoms with Gasteiger partial charge in [-0.15, -0.1) is 11.3 Å². The summed E-state index contributed by atoms with van der Waals surface area (Å²) < 4.78 is 28.0. The van der Waals surface area contributed by atoms with Gasteiger partial charge in [-0.1, -0.05) is 0 Å². The molecule has 5 nitrogen and oxygen atoms in total. The molecule has 0 saturated carbocycles. The van der Waals surface area contributed by atoms with E-state index in [9.17, 15) is 8.42 Å². The molecule has 1 aliphatic heterocycles. The van der Waals surface area contributed by atoms with Crippen LogP contribution in [0.5, 0.6) is 0 Å². The van der Waals surface area contributed by atoms with E-state index in [2.05, 4.69) is 28.9 Å². The Morgan fingerprint density at radius 3 is 2.90 bits per heavy atom. The summed E-state index contributed by atoms with van der Waals surface area (Å²) in [4.78, 5) is 2.26. The molecule has 2 N–H and O–H groups in total. The first-order valence-electron chi connectivity index (χ1n) is 6.87. The number of thiophene rings is 1. The van der Waals surface area contributed by atoms with Gasteiger partial charge in [0.15, 0.2) is 0 Å². The van der Waals surface area contributed by atoms with Gasteiger partial charge < -0.3 is 10.2 Å². The summed E-state index contributed by atoms with van der Waals surface area (Å²) in [6.45, 7) is 3.76. The van der Waals surface area contributed by atoms with Crippen molar-refractivity contribution in [1.29, 1.82) is 0 Å². The van der Waals surface area contributed by atoms with Crippen molar-refractivity contribution in [2.45, 2.75) is 42.6 Å². The molecular weight excluding hydrogens is 294 g/mol. The second-order valence-electron chi connectivity index (χ2n) is 5.48. The number of nitrogens with one attached hydrogen (secondary N) is 2. The minimum Gasteiger partial charge on any atom is -0.316 e. The van der Waals surface area contributed by atoms with Gasteiger partial charge in [0.25, 0.3) is 0 Å². The third-order valence-electron chi connectivity index (χ3n) is 3.81. The molecule has 1 aromatic heterocycles. The molecule has 20 heavy (non-hydrogen) atoms. The first kappa shape index (κ1) is 15.9. The van der Waals surface area contributed by atoms with E-state index in [4.69, 9.17) is 0 Å². The topological polar surface area (TPSA) is 61.4 Å². The van der Waals surface area contributed by atoms with Gasteiger partial charge in [-0.25, -0.2) is 13.1 Å². The zero-order valence-electron chi connectivity index (χ0n) is 12.2. The number of rotatable bonds is 5. The number of hydrogen-bond donors (Lipinski definition) is 2. The van der Waals surface area contributed by atoms with Crippen LogP contribution >= 0.6 is 11.3 Å². The fourth-order valence-electron chi connectivity index (χ4n) is 2.46. The summed E-state index contributed by atoms with van der Waals surface area (Å²) in [5, 5.41) is 4.92. The fraction of sp³-hybridized carbons (Fsp3) is 0.692. The Morgan fingerprint density at radius 2 is 2.25 bits per heavy atom. The number of likely N-dealkylation sites (tertiary alicyclic amines) is 1. The Labute approximate surface area is 125 Å². The lowest BCUT2D eigenvalue weighted by Crippen LogP contribution is -2.47. The third-order valence-corrected chi connectivity index (χ3v) is 6.81. The molecule has 2 heterocycles. The molecule has 1 aliphatic rings. The van der Waals surface area contributed by atoms with Crippen molar-refractivity contribution >= 4 is 21.4 Å². The predicted octanol–water partition coefficient (Wildman–Crippen LogP) is 1.23. The first-order valence-corrected chi connectivity index (χ1v) is 9.23. The van der Waals surface area contributed by atoms with Gasteiger partial charge in [-0.3, -0.25) is 0 Å². The molecule has 2 unspecified atom stereocenters. The molecule has 0 amide bonds. The molecule has 1 fully saturated rings. The van der Waals surface area contributed by atoms with Crippen molar-refractivity contribution in [1.82, 2.24) is 14.9 Å². The highest BCUT2D eigenvalue weighted by atomic mass is 32.2. The highest BCUT2D eigenvalue weighted by molar-refractivity contribution is 7.91. The standard InChI is InChI=1S/C13H23N3O2S2/c1-10-6-12(4-5-16(10)3)15-20(17,18)13-7-11(8-14-2)9-19-13/h7,9-10,12,14-15H,4-6,8H2,1-3H3. The van der Waals surface area contributed by atoms with Crippen molar-refractivity contribution in [2.75, 3.05) is 20.6 Å². The SMILES string of the molecule is CNCc1csc(S(=O)(=O)NC2CCN(C)C(C)C2)c1. The van der Waals surface area contributed by atoms with Gasteiger partial charge >= 0.3 is 0 Å². The van der Waals surface area contributed by atoms with E-state index in [0.29, 0.717) is 16.8 Å². The lowest BCUT2D eigenvalue weighted by Gasteiger charge is -2.35. The Morgan fingerprint density at radius 1 is 1.50 bits per heavy atom. The minimum absolute atomic E-state index is 0.0426. The molecule has 1 saturated heterocycles. The Hall–Kier alpha value is -0.470. The van der Waals surface area contributed by atoms with Crippen molar-refractivity contribution in [3.05, 3.63) is 17.0 Å². The highest BCUT2D eigenvalue weighted by Crippen LogP contribution is 2.22. The molecule has 114 valence electrons. The van der Waals surface area contributed by atoms with Crippen LogP contribution in [0.3, 0.4) is 0 Å². The van der Waals surface area contributed by atoms with Crippen LogP contribution in [0.15, 0.2) is 15.7 Å². The van der Waals surface area contributed by atoms with Crippen LogP contribution < -0.4 is 10.0 Å². The van der Waals surface area contributed by atoms with Gasteiger partial charge in [-0.05, 0) is 57.4 Å². The third kappa shape index (κ3) is 3.79. The maximum absolute atomic E-state index is 12.4. The largest absolute Gasteiger partial charge is 0.316 e. The number of nitrogens with zero attached hydrogens (tertiary/aromatic N) is 1. The number of hydrogen-bond acceptors (Lipinski definition) is 5. The molecule has 0 bridgehead atoms. The smallest absolute Gasteiger partial charge is 0.250 e. The maximum atomic E-state index is 12.4. The van der Waals surface area contributed by atoms with Crippen LogP contribution in [0, 0.1) is 0 Å². The lowest BCUT2D eigenvalue weighted by atomic mass is 10.0. The van der Waals surface area contributed by atoms with E-state index in [0.717, 1.165) is 24.9 Å². The Kier molecular flexibility index (Phi) is 5.19. The molecule has 0 aromatic carbocycles. The van der Waals surface area contributed by atoms with E-state index < -0.39 is 10.0 Å². The summed E-state index contributed by atoms with van der Waals surface area (Å²) in [6, 6.07) is 2.21. The average molecular weight is 317 g/mol. The average Bonchev–Trinajstić information content (AvgIpc) is 2.83. The van der Waals surface area contributed by atoms with Crippen molar-refractivity contribution < 1.29 is 8.42 Å². The van der Waals surface area contributed by atoms with E-state index in [-0.39, 0.29) is 6.04 Å². The second-order valence-corrected chi connectivity index (χ2v) is 8.33. The molecule has 0 spiro atoms. The lowest BCUT2D eigenvalue weighted by molar-refractivity contribution is 0.178. The van der Waals surface area contributed by atoms with Gasteiger partial charge in [0, 0.05) is 18.6 Å². The summed E-state index contributed by atoms with van der Waals surface area (Å²) in [5.41, 5.74) is 1.01. The molecule has 2 atom stereocenters. The van der Waals surface area contributed by atoms with E-state index >= 15 is 0 Å². The normalized spacial score (nSPS) is 24.9. The first-order chi connectivity index (χ1) is 9.42. The monoisotopic (exact) mass is 317 g/mol. The molecule has 7 heteroatoms. The summed E-state index contributed by atoms with van der Waals surface area (Å²) in [6.07, 6.45) is 1.74. The van der Waals surface area contributed by atoms with Gasteiger partial charge in [0.2, 0.25) is 10.0 Å². The molecule has 1 aromatic rings.